The first kappa shape index (κ1) is 19.6. The van der Waals surface area contributed by atoms with Crippen LogP contribution in [0.2, 0.25) is 0 Å². The Balaban J connectivity index is 2.10. The van der Waals surface area contributed by atoms with Crippen LogP contribution in [0.4, 0.5) is 0 Å². The minimum atomic E-state index is -0.990. The highest BCUT2D eigenvalue weighted by molar-refractivity contribution is 4.88. The number of allylic oxidation sites excluding steroid dienone is 1. The van der Waals surface area contributed by atoms with Gasteiger partial charge in [-0.1, -0.05) is 44.8 Å². The number of rotatable bonds is 11. The number of aliphatic hydroxyl groups excluding tert-OH is 3. The SMILES string of the molecule is CCCCCCC/C=C/CCO[C@H]1[C@H](O)[C@@H](CO)OC[C@@H]1O. The van der Waals surface area contributed by atoms with Gasteiger partial charge in [0, 0.05) is 0 Å². The molecule has 22 heavy (non-hydrogen) atoms. The number of ether oxygens (including phenoxy) is 2. The molecule has 0 radical (unpaired) electrons. The fourth-order valence-electron chi connectivity index (χ4n) is 2.60. The van der Waals surface area contributed by atoms with Gasteiger partial charge in [-0.3, -0.25) is 0 Å². The van der Waals surface area contributed by atoms with Crippen molar-refractivity contribution in [3.8, 4) is 0 Å². The van der Waals surface area contributed by atoms with Gasteiger partial charge in [0.25, 0.3) is 0 Å². The van der Waals surface area contributed by atoms with Crippen molar-refractivity contribution in [1.29, 1.82) is 0 Å². The molecule has 0 aromatic rings. The number of hydrogen-bond acceptors (Lipinski definition) is 5. The van der Waals surface area contributed by atoms with Crippen LogP contribution in [0, 0.1) is 0 Å². The molecule has 1 heterocycles. The highest BCUT2D eigenvalue weighted by Crippen LogP contribution is 2.18. The summed E-state index contributed by atoms with van der Waals surface area (Å²) < 4.78 is 10.7. The van der Waals surface area contributed by atoms with Crippen LogP contribution in [0.3, 0.4) is 0 Å². The van der Waals surface area contributed by atoms with Gasteiger partial charge >= 0.3 is 0 Å². The summed E-state index contributed by atoms with van der Waals surface area (Å²) in [6.07, 6.45) is 9.34. The topological polar surface area (TPSA) is 79.2 Å². The second kappa shape index (κ2) is 12.0. The average molecular weight is 316 g/mol. The van der Waals surface area contributed by atoms with Crippen molar-refractivity contribution in [2.24, 2.45) is 0 Å². The molecule has 0 aromatic heterocycles. The van der Waals surface area contributed by atoms with Crippen LogP contribution in [0.25, 0.3) is 0 Å². The smallest absolute Gasteiger partial charge is 0.114 e. The third kappa shape index (κ3) is 7.20. The van der Waals surface area contributed by atoms with Gasteiger partial charge in [-0.25, -0.2) is 0 Å². The molecule has 0 amide bonds. The van der Waals surface area contributed by atoms with Gasteiger partial charge in [0.1, 0.15) is 24.4 Å². The van der Waals surface area contributed by atoms with Crippen molar-refractivity contribution < 1.29 is 24.8 Å². The van der Waals surface area contributed by atoms with E-state index in [0.717, 1.165) is 12.8 Å². The summed E-state index contributed by atoms with van der Waals surface area (Å²) in [4.78, 5) is 0. The Kier molecular flexibility index (Phi) is 10.7. The van der Waals surface area contributed by atoms with E-state index in [1.807, 2.05) is 0 Å². The van der Waals surface area contributed by atoms with Gasteiger partial charge in [0.2, 0.25) is 0 Å². The monoisotopic (exact) mass is 316 g/mol. The van der Waals surface area contributed by atoms with E-state index >= 15 is 0 Å². The first-order valence-electron chi connectivity index (χ1n) is 8.55. The lowest BCUT2D eigenvalue weighted by atomic mass is 10.0. The summed E-state index contributed by atoms with van der Waals surface area (Å²) in [5.41, 5.74) is 0. The lowest BCUT2D eigenvalue weighted by Crippen LogP contribution is -2.55. The summed E-state index contributed by atoms with van der Waals surface area (Å²) in [5.74, 6) is 0. The fraction of sp³-hybridized carbons (Fsp3) is 0.882. The van der Waals surface area contributed by atoms with Crippen molar-refractivity contribution in [2.75, 3.05) is 19.8 Å². The molecule has 4 atom stereocenters. The van der Waals surface area contributed by atoms with E-state index in [1.165, 1.54) is 32.1 Å². The van der Waals surface area contributed by atoms with Crippen LogP contribution >= 0.6 is 0 Å². The standard InChI is InChI=1S/C17H32O5/c1-2-3-4-5-6-7-8-9-10-11-21-17-14(19)13-22-15(12-18)16(17)20/h8-9,14-20H,2-7,10-13H2,1H3/b9-8+/t14-,15+,16+,17+/m0/s1. The number of aliphatic hydroxyl groups is 3. The van der Waals surface area contributed by atoms with Gasteiger partial charge in [0.15, 0.2) is 0 Å². The highest BCUT2D eigenvalue weighted by atomic mass is 16.6. The van der Waals surface area contributed by atoms with Crippen molar-refractivity contribution in [3.05, 3.63) is 12.2 Å². The Hall–Kier alpha value is -0.460. The summed E-state index contributed by atoms with van der Waals surface area (Å²) in [6, 6.07) is 0. The minimum Gasteiger partial charge on any atom is -0.394 e. The molecular weight excluding hydrogens is 284 g/mol. The van der Waals surface area contributed by atoms with E-state index in [9.17, 15) is 10.2 Å². The summed E-state index contributed by atoms with van der Waals surface area (Å²) in [6.45, 7) is 2.48. The Labute approximate surface area is 133 Å². The van der Waals surface area contributed by atoms with Crippen LogP contribution in [-0.2, 0) is 9.47 Å². The second-order valence-corrected chi connectivity index (χ2v) is 5.91. The van der Waals surface area contributed by atoms with Crippen LogP contribution in [-0.4, -0.2) is 59.6 Å². The number of unbranched alkanes of at least 4 members (excludes halogenated alkanes) is 5. The molecule has 5 nitrogen and oxygen atoms in total. The molecule has 0 aromatic carbocycles. The summed E-state index contributed by atoms with van der Waals surface area (Å²) in [5, 5.41) is 28.8. The molecule has 0 spiro atoms. The highest BCUT2D eigenvalue weighted by Gasteiger charge is 2.38. The molecule has 1 aliphatic rings. The lowest BCUT2D eigenvalue weighted by molar-refractivity contribution is -0.210. The predicted molar refractivity (Wildman–Crippen MR) is 85.7 cm³/mol. The van der Waals surface area contributed by atoms with E-state index in [-0.39, 0.29) is 13.2 Å². The number of hydrogen-bond donors (Lipinski definition) is 3. The molecule has 1 aliphatic heterocycles. The van der Waals surface area contributed by atoms with Crippen LogP contribution in [0.15, 0.2) is 12.2 Å². The molecule has 1 rings (SSSR count). The molecular formula is C17H32O5. The fourth-order valence-corrected chi connectivity index (χ4v) is 2.60. The Morgan fingerprint density at radius 1 is 1.09 bits per heavy atom. The zero-order chi connectivity index (χ0) is 16.2. The molecule has 0 bridgehead atoms. The maximum Gasteiger partial charge on any atom is 0.114 e. The van der Waals surface area contributed by atoms with Crippen LogP contribution in [0.1, 0.15) is 51.9 Å². The minimum absolute atomic E-state index is 0.0839. The molecule has 130 valence electrons. The molecule has 5 heteroatoms. The normalized spacial score (nSPS) is 29.3. The van der Waals surface area contributed by atoms with E-state index in [4.69, 9.17) is 14.6 Å². The first-order chi connectivity index (χ1) is 10.7. The maximum atomic E-state index is 9.95. The summed E-state index contributed by atoms with van der Waals surface area (Å²) in [7, 11) is 0. The Morgan fingerprint density at radius 3 is 2.55 bits per heavy atom. The summed E-state index contributed by atoms with van der Waals surface area (Å²) >= 11 is 0. The zero-order valence-corrected chi connectivity index (χ0v) is 13.7. The van der Waals surface area contributed by atoms with Gasteiger partial charge in [-0.15, -0.1) is 0 Å². The third-order valence-electron chi connectivity index (χ3n) is 3.99. The largest absolute Gasteiger partial charge is 0.394 e. The second-order valence-electron chi connectivity index (χ2n) is 5.91. The van der Waals surface area contributed by atoms with Crippen molar-refractivity contribution in [1.82, 2.24) is 0 Å². The van der Waals surface area contributed by atoms with E-state index < -0.39 is 24.4 Å². The Bertz CT molecular complexity index is 295. The first-order valence-corrected chi connectivity index (χ1v) is 8.55. The van der Waals surface area contributed by atoms with Crippen LogP contribution < -0.4 is 0 Å². The molecule has 1 fully saturated rings. The lowest BCUT2D eigenvalue weighted by Gasteiger charge is -2.37. The van der Waals surface area contributed by atoms with Gasteiger partial charge < -0.3 is 24.8 Å². The van der Waals surface area contributed by atoms with Crippen molar-refractivity contribution in [3.63, 3.8) is 0 Å². The molecule has 0 unspecified atom stereocenters. The van der Waals surface area contributed by atoms with Crippen LogP contribution in [0.5, 0.6) is 0 Å². The van der Waals surface area contributed by atoms with Gasteiger partial charge in [-0.2, -0.15) is 0 Å². The molecule has 0 saturated carbocycles. The van der Waals surface area contributed by atoms with Crippen molar-refractivity contribution >= 4 is 0 Å². The van der Waals surface area contributed by atoms with E-state index in [2.05, 4.69) is 19.1 Å². The van der Waals surface area contributed by atoms with E-state index in [1.54, 1.807) is 0 Å². The Morgan fingerprint density at radius 2 is 1.82 bits per heavy atom. The molecule has 1 saturated heterocycles. The predicted octanol–water partition coefficient (Wildman–Crippen LogP) is 1.79. The average Bonchev–Trinajstić information content (AvgIpc) is 2.52. The molecule has 0 aliphatic carbocycles. The van der Waals surface area contributed by atoms with Gasteiger partial charge in [-0.05, 0) is 19.3 Å². The van der Waals surface area contributed by atoms with Gasteiger partial charge in [0.05, 0.1) is 19.8 Å². The molecule has 3 N–H and O–H groups in total. The third-order valence-corrected chi connectivity index (χ3v) is 3.99. The maximum absolute atomic E-state index is 9.95. The zero-order valence-electron chi connectivity index (χ0n) is 13.7. The quantitative estimate of drug-likeness (QED) is 0.400. The van der Waals surface area contributed by atoms with Crippen molar-refractivity contribution in [2.45, 2.75) is 76.3 Å². The van der Waals surface area contributed by atoms with E-state index in [0.29, 0.717) is 6.61 Å².